The number of likely N-dealkylation sites (N-methyl/N-ethyl adjacent to an activating group) is 1. The van der Waals surface area contributed by atoms with Crippen molar-refractivity contribution < 1.29 is 19.1 Å². The molecule has 0 aliphatic carbocycles. The van der Waals surface area contributed by atoms with Crippen LogP contribution in [0.25, 0.3) is 0 Å². The molecular weight excluding hydrogens is 450 g/mol. The molecule has 0 aliphatic heterocycles. The molecule has 34 heavy (non-hydrogen) atoms. The van der Waals surface area contributed by atoms with Gasteiger partial charge in [-0.15, -0.1) is 0 Å². The van der Waals surface area contributed by atoms with E-state index in [2.05, 4.69) is 23.3 Å². The molecule has 8 heteroatoms. The van der Waals surface area contributed by atoms with Crippen LogP contribution >= 0.6 is 12.6 Å². The summed E-state index contributed by atoms with van der Waals surface area (Å²) in [5, 5.41) is 5.54. The lowest BCUT2D eigenvalue weighted by Gasteiger charge is -2.33. The molecule has 0 saturated heterocycles. The number of alkyl carbamates (subject to hydrolysis) is 1. The van der Waals surface area contributed by atoms with Gasteiger partial charge >= 0.3 is 6.09 Å². The van der Waals surface area contributed by atoms with Crippen LogP contribution < -0.4 is 10.6 Å². The molecule has 0 aliphatic rings. The number of thiol groups is 1. The lowest BCUT2D eigenvalue weighted by molar-refractivity contribution is -0.141. The van der Waals surface area contributed by atoms with Crippen LogP contribution in [-0.2, 0) is 20.9 Å². The number of aryl methyl sites for hydroxylation is 1. The van der Waals surface area contributed by atoms with Crippen LogP contribution in [0.3, 0.4) is 0 Å². The molecule has 0 aromatic heterocycles. The van der Waals surface area contributed by atoms with Gasteiger partial charge in [0.1, 0.15) is 17.7 Å². The first-order valence-electron chi connectivity index (χ1n) is 11.3. The highest BCUT2D eigenvalue weighted by atomic mass is 32.1. The zero-order valence-corrected chi connectivity index (χ0v) is 21.4. The maximum atomic E-state index is 13.5. The largest absolute Gasteiger partial charge is 0.444 e. The summed E-state index contributed by atoms with van der Waals surface area (Å²) in [6, 6.07) is 15.2. The first-order valence-corrected chi connectivity index (χ1v) is 12.0. The minimum Gasteiger partial charge on any atom is -0.444 e. The Morgan fingerprint density at radius 1 is 1.03 bits per heavy atom. The molecule has 2 atom stereocenters. The number of nitrogens with one attached hydrogen (secondary N) is 2. The average Bonchev–Trinajstić information content (AvgIpc) is 2.79. The minimum absolute atomic E-state index is 0.0564. The van der Waals surface area contributed by atoms with Crippen LogP contribution in [0.15, 0.2) is 54.6 Å². The third-order valence-electron chi connectivity index (χ3n) is 5.06. The van der Waals surface area contributed by atoms with Gasteiger partial charge in [0, 0.05) is 18.8 Å². The number of benzene rings is 2. The fourth-order valence-corrected chi connectivity index (χ4v) is 3.65. The third kappa shape index (κ3) is 8.09. The monoisotopic (exact) mass is 485 g/mol. The van der Waals surface area contributed by atoms with Crippen molar-refractivity contribution >= 4 is 30.5 Å². The lowest BCUT2D eigenvalue weighted by Crippen LogP contribution is -2.53. The number of carbonyl (C=O) groups is 3. The van der Waals surface area contributed by atoms with Gasteiger partial charge in [0.2, 0.25) is 11.8 Å². The Morgan fingerprint density at radius 3 is 2.18 bits per heavy atom. The second-order valence-electron chi connectivity index (χ2n) is 9.02. The molecule has 0 spiro atoms. The van der Waals surface area contributed by atoms with E-state index in [4.69, 9.17) is 4.74 Å². The smallest absolute Gasteiger partial charge is 0.408 e. The van der Waals surface area contributed by atoms with Crippen molar-refractivity contribution in [1.82, 2.24) is 15.5 Å². The van der Waals surface area contributed by atoms with Gasteiger partial charge in [-0.05, 0) is 45.7 Å². The number of hydrogen-bond donors (Lipinski definition) is 3. The number of carbonyl (C=O) groups excluding carboxylic acids is 3. The molecule has 2 aromatic carbocycles. The molecule has 2 aromatic rings. The molecule has 0 bridgehead atoms. The van der Waals surface area contributed by atoms with E-state index in [0.29, 0.717) is 12.1 Å². The Kier molecular flexibility index (Phi) is 9.98. The topological polar surface area (TPSA) is 87.7 Å². The van der Waals surface area contributed by atoms with Crippen LogP contribution in [0.5, 0.6) is 0 Å². The Bertz CT molecular complexity index is 958. The van der Waals surface area contributed by atoms with Crippen molar-refractivity contribution in [3.8, 4) is 0 Å². The SMILES string of the molecule is CCN(C(=O)C(CS)NC(=O)OC(C)(C)C)C(C(=O)NCc1ccccc1)c1ccc(C)cc1. The van der Waals surface area contributed by atoms with Crippen LogP contribution in [0.4, 0.5) is 4.79 Å². The number of nitrogens with zero attached hydrogens (tertiary/aromatic N) is 1. The van der Waals surface area contributed by atoms with Gasteiger partial charge < -0.3 is 20.3 Å². The Hall–Kier alpha value is -3.00. The summed E-state index contributed by atoms with van der Waals surface area (Å²) < 4.78 is 5.29. The first kappa shape index (κ1) is 27.2. The summed E-state index contributed by atoms with van der Waals surface area (Å²) in [4.78, 5) is 40.6. The van der Waals surface area contributed by atoms with Gasteiger partial charge in [-0.2, -0.15) is 12.6 Å². The number of hydrogen-bond acceptors (Lipinski definition) is 5. The van der Waals surface area contributed by atoms with Gasteiger partial charge in [-0.25, -0.2) is 4.79 Å². The van der Waals surface area contributed by atoms with Crippen LogP contribution in [-0.4, -0.2) is 46.7 Å². The highest BCUT2D eigenvalue weighted by molar-refractivity contribution is 7.80. The van der Waals surface area contributed by atoms with E-state index in [-0.39, 0.29) is 18.2 Å². The summed E-state index contributed by atoms with van der Waals surface area (Å²) in [7, 11) is 0. The van der Waals surface area contributed by atoms with Crippen LogP contribution in [0.2, 0.25) is 0 Å². The predicted octanol–water partition coefficient (Wildman–Crippen LogP) is 4.02. The molecule has 3 amide bonds. The number of rotatable bonds is 9. The first-order chi connectivity index (χ1) is 16.1. The normalized spacial score (nSPS) is 12.9. The highest BCUT2D eigenvalue weighted by Gasteiger charge is 2.35. The summed E-state index contributed by atoms with van der Waals surface area (Å²) in [5.74, 6) is -0.664. The van der Waals surface area contributed by atoms with Gasteiger partial charge in [0.25, 0.3) is 0 Å². The van der Waals surface area contributed by atoms with E-state index < -0.39 is 29.7 Å². The van der Waals surface area contributed by atoms with Gasteiger partial charge in [-0.3, -0.25) is 9.59 Å². The lowest BCUT2D eigenvalue weighted by atomic mass is 10.0. The molecular formula is C26H35N3O4S. The van der Waals surface area contributed by atoms with Crippen molar-refractivity contribution in [1.29, 1.82) is 0 Å². The summed E-state index contributed by atoms with van der Waals surface area (Å²) >= 11 is 4.27. The Morgan fingerprint density at radius 2 is 1.65 bits per heavy atom. The Labute approximate surface area is 207 Å². The van der Waals surface area contributed by atoms with E-state index in [1.165, 1.54) is 4.90 Å². The Balaban J connectivity index is 2.29. The maximum absolute atomic E-state index is 13.5. The average molecular weight is 486 g/mol. The van der Waals surface area contributed by atoms with E-state index in [1.54, 1.807) is 27.7 Å². The maximum Gasteiger partial charge on any atom is 0.408 e. The van der Waals surface area contributed by atoms with E-state index >= 15 is 0 Å². The van der Waals surface area contributed by atoms with Crippen molar-refractivity contribution in [3.05, 3.63) is 71.3 Å². The van der Waals surface area contributed by atoms with Crippen molar-refractivity contribution in [2.45, 2.75) is 58.8 Å². The quantitative estimate of drug-likeness (QED) is 0.468. The van der Waals surface area contributed by atoms with Gasteiger partial charge in [-0.1, -0.05) is 60.2 Å². The second kappa shape index (κ2) is 12.5. The number of amides is 3. The molecule has 0 saturated carbocycles. The molecule has 0 fully saturated rings. The standard InChI is InChI=1S/C26H35N3O4S/c1-6-29(24(31)21(17-34)28-25(32)33-26(3,4)5)22(20-14-12-18(2)13-15-20)23(30)27-16-19-10-8-7-9-11-19/h7-15,21-22,34H,6,16-17H2,1-5H3,(H,27,30)(H,28,32). The van der Waals surface area contributed by atoms with Crippen LogP contribution in [0.1, 0.15) is 50.4 Å². The molecule has 184 valence electrons. The van der Waals surface area contributed by atoms with Crippen molar-refractivity contribution in [2.24, 2.45) is 0 Å². The highest BCUT2D eigenvalue weighted by Crippen LogP contribution is 2.23. The molecule has 0 radical (unpaired) electrons. The summed E-state index contributed by atoms with van der Waals surface area (Å²) in [6.45, 7) is 9.58. The second-order valence-corrected chi connectivity index (χ2v) is 9.39. The fourth-order valence-electron chi connectivity index (χ4n) is 3.40. The van der Waals surface area contributed by atoms with Crippen molar-refractivity contribution in [2.75, 3.05) is 12.3 Å². The summed E-state index contributed by atoms with van der Waals surface area (Å²) in [6.07, 6.45) is -0.712. The van der Waals surface area contributed by atoms with Gasteiger partial charge in [0.15, 0.2) is 0 Å². The predicted molar refractivity (Wildman–Crippen MR) is 137 cm³/mol. The van der Waals surface area contributed by atoms with Gasteiger partial charge in [0.05, 0.1) is 0 Å². The molecule has 7 nitrogen and oxygen atoms in total. The molecule has 0 heterocycles. The zero-order valence-electron chi connectivity index (χ0n) is 20.5. The van der Waals surface area contributed by atoms with Crippen LogP contribution in [0, 0.1) is 6.92 Å². The molecule has 2 unspecified atom stereocenters. The van der Waals surface area contributed by atoms with E-state index in [9.17, 15) is 14.4 Å². The third-order valence-corrected chi connectivity index (χ3v) is 5.42. The molecule has 2 rings (SSSR count). The minimum atomic E-state index is -0.951. The zero-order chi connectivity index (χ0) is 25.3. The van der Waals surface area contributed by atoms with E-state index in [0.717, 1.165) is 11.1 Å². The molecule has 2 N–H and O–H groups in total. The fraction of sp³-hybridized carbons (Fsp3) is 0.423. The van der Waals surface area contributed by atoms with Crippen molar-refractivity contribution in [3.63, 3.8) is 0 Å². The van der Waals surface area contributed by atoms with E-state index in [1.807, 2.05) is 61.5 Å². The summed E-state index contributed by atoms with van der Waals surface area (Å²) in [5.41, 5.74) is 1.97. The number of ether oxygens (including phenoxy) is 1.